The summed E-state index contributed by atoms with van der Waals surface area (Å²) < 4.78 is 26.7. The average molecular weight is 381 g/mol. The van der Waals surface area contributed by atoms with Gasteiger partial charge in [0.25, 0.3) is 5.56 Å². The topological polar surface area (TPSA) is 79.9 Å². The van der Waals surface area contributed by atoms with Gasteiger partial charge in [0.05, 0.1) is 0 Å². The molecule has 0 saturated heterocycles. The van der Waals surface area contributed by atoms with E-state index in [1.54, 1.807) is 6.07 Å². The molecule has 0 bridgehead atoms. The van der Waals surface area contributed by atoms with Crippen molar-refractivity contribution in [1.29, 1.82) is 0 Å². The SMILES string of the molecule is C=CC(c1sc2ccc(Cl)cc2c1C)S(=O)(=O)c1ccc(=O)[nH]n1. The molecule has 0 aliphatic carbocycles. The molecule has 0 aliphatic heterocycles. The molecule has 5 nitrogen and oxygen atoms in total. The number of sulfone groups is 1. The van der Waals surface area contributed by atoms with E-state index in [0.29, 0.717) is 9.90 Å². The molecule has 0 saturated carbocycles. The Bertz CT molecular complexity index is 1080. The third kappa shape index (κ3) is 2.79. The molecule has 24 heavy (non-hydrogen) atoms. The highest BCUT2D eigenvalue weighted by atomic mass is 35.5. The minimum atomic E-state index is -3.82. The summed E-state index contributed by atoms with van der Waals surface area (Å²) in [6.45, 7) is 5.54. The van der Waals surface area contributed by atoms with Gasteiger partial charge in [-0.05, 0) is 42.1 Å². The number of aromatic amines is 1. The highest BCUT2D eigenvalue weighted by Crippen LogP contribution is 2.40. The lowest BCUT2D eigenvalue weighted by atomic mass is 10.1. The molecule has 0 fully saturated rings. The molecule has 1 N–H and O–H groups in total. The first-order valence-electron chi connectivity index (χ1n) is 6.95. The minimum absolute atomic E-state index is 0.193. The number of thiophene rings is 1. The van der Waals surface area contributed by atoms with Crippen LogP contribution in [-0.4, -0.2) is 18.6 Å². The van der Waals surface area contributed by atoms with Crippen molar-refractivity contribution >= 4 is 42.9 Å². The second kappa shape index (κ2) is 6.16. The molecule has 0 radical (unpaired) electrons. The number of H-pyrrole nitrogens is 1. The number of rotatable bonds is 4. The zero-order valence-corrected chi connectivity index (χ0v) is 15.0. The van der Waals surface area contributed by atoms with Gasteiger partial charge in [0.1, 0.15) is 5.25 Å². The first-order valence-corrected chi connectivity index (χ1v) is 9.69. The van der Waals surface area contributed by atoms with E-state index in [4.69, 9.17) is 11.6 Å². The first kappa shape index (κ1) is 16.9. The lowest BCUT2D eigenvalue weighted by molar-refractivity contribution is 0.584. The number of benzene rings is 1. The maximum Gasteiger partial charge on any atom is 0.264 e. The van der Waals surface area contributed by atoms with Gasteiger partial charge in [-0.15, -0.1) is 17.9 Å². The van der Waals surface area contributed by atoms with E-state index in [9.17, 15) is 13.2 Å². The zero-order chi connectivity index (χ0) is 17.5. The molecule has 0 aliphatic rings. The number of hydrogen-bond donors (Lipinski definition) is 1. The number of nitrogens with zero attached hydrogens (tertiary/aromatic N) is 1. The standard InChI is InChI=1S/C16H13ClN2O3S2/c1-3-13(24(21,22)15-7-6-14(20)18-19-15)16-9(2)11-8-10(17)4-5-12(11)23-16/h3-8,13H,1H2,2H3,(H,18,20). The molecule has 0 spiro atoms. The normalized spacial score (nSPS) is 13.1. The van der Waals surface area contributed by atoms with Gasteiger partial charge in [0, 0.05) is 20.7 Å². The number of nitrogens with one attached hydrogen (secondary N) is 1. The molecule has 2 heterocycles. The summed E-state index contributed by atoms with van der Waals surface area (Å²) in [5.41, 5.74) is 0.382. The van der Waals surface area contributed by atoms with Crippen LogP contribution < -0.4 is 5.56 Å². The summed E-state index contributed by atoms with van der Waals surface area (Å²) in [5, 5.41) is 6.17. The number of hydrogen-bond acceptors (Lipinski definition) is 5. The van der Waals surface area contributed by atoms with Crippen LogP contribution >= 0.6 is 22.9 Å². The van der Waals surface area contributed by atoms with Crippen molar-refractivity contribution in [2.45, 2.75) is 17.2 Å². The Kier molecular flexibility index (Phi) is 4.33. The van der Waals surface area contributed by atoms with E-state index in [-0.39, 0.29) is 5.03 Å². The lowest BCUT2D eigenvalue weighted by Crippen LogP contribution is -2.16. The van der Waals surface area contributed by atoms with Crippen LogP contribution in [0.5, 0.6) is 0 Å². The van der Waals surface area contributed by atoms with Crippen molar-refractivity contribution in [3.05, 3.63) is 68.8 Å². The predicted molar refractivity (Wildman–Crippen MR) is 96.6 cm³/mol. The Morgan fingerprint density at radius 1 is 1.33 bits per heavy atom. The maximum atomic E-state index is 12.9. The molecule has 1 unspecified atom stereocenters. The molecule has 0 amide bonds. The number of fused-ring (bicyclic) bond motifs is 1. The highest BCUT2D eigenvalue weighted by Gasteiger charge is 2.31. The Morgan fingerprint density at radius 2 is 2.08 bits per heavy atom. The highest BCUT2D eigenvalue weighted by molar-refractivity contribution is 7.91. The van der Waals surface area contributed by atoms with E-state index in [0.717, 1.165) is 21.7 Å². The minimum Gasteiger partial charge on any atom is -0.268 e. The molecule has 2 aromatic heterocycles. The quantitative estimate of drug-likeness (QED) is 0.700. The molecular weight excluding hydrogens is 368 g/mol. The summed E-state index contributed by atoms with van der Waals surface area (Å²) in [7, 11) is -3.82. The molecule has 124 valence electrons. The van der Waals surface area contributed by atoms with Crippen molar-refractivity contribution in [2.24, 2.45) is 0 Å². The largest absolute Gasteiger partial charge is 0.268 e. The van der Waals surface area contributed by atoms with Crippen LogP contribution in [0.1, 0.15) is 15.7 Å². The zero-order valence-electron chi connectivity index (χ0n) is 12.6. The lowest BCUT2D eigenvalue weighted by Gasteiger charge is -2.12. The number of halogens is 1. The molecule has 3 rings (SSSR count). The summed E-state index contributed by atoms with van der Waals surface area (Å²) in [6, 6.07) is 7.79. The van der Waals surface area contributed by atoms with Gasteiger partial charge in [-0.2, -0.15) is 5.10 Å². The van der Waals surface area contributed by atoms with Gasteiger partial charge in [-0.3, -0.25) is 4.79 Å². The van der Waals surface area contributed by atoms with Crippen LogP contribution in [0.3, 0.4) is 0 Å². The fourth-order valence-electron chi connectivity index (χ4n) is 2.48. The molecule has 1 aromatic carbocycles. The smallest absolute Gasteiger partial charge is 0.264 e. The summed E-state index contributed by atoms with van der Waals surface area (Å²) in [5.74, 6) is 0. The fourth-order valence-corrected chi connectivity index (χ4v) is 5.75. The van der Waals surface area contributed by atoms with Crippen LogP contribution in [-0.2, 0) is 9.84 Å². The van der Waals surface area contributed by atoms with Gasteiger partial charge in [-0.25, -0.2) is 13.5 Å². The predicted octanol–water partition coefficient (Wildman–Crippen LogP) is 3.65. The van der Waals surface area contributed by atoms with Gasteiger partial charge in [-0.1, -0.05) is 17.7 Å². The van der Waals surface area contributed by atoms with E-state index >= 15 is 0 Å². The Balaban J connectivity index is 2.18. The molecule has 3 aromatic rings. The van der Waals surface area contributed by atoms with E-state index in [1.807, 2.05) is 19.1 Å². The van der Waals surface area contributed by atoms with Crippen LogP contribution in [0.2, 0.25) is 5.02 Å². The third-order valence-electron chi connectivity index (χ3n) is 3.69. The monoisotopic (exact) mass is 380 g/mol. The number of aromatic nitrogens is 2. The Labute approximate surface area is 147 Å². The van der Waals surface area contributed by atoms with Gasteiger partial charge >= 0.3 is 0 Å². The van der Waals surface area contributed by atoms with Crippen LogP contribution in [0.15, 0.2) is 52.8 Å². The van der Waals surface area contributed by atoms with E-state index < -0.39 is 20.6 Å². The maximum absolute atomic E-state index is 12.9. The van der Waals surface area contributed by atoms with Crippen molar-refractivity contribution in [1.82, 2.24) is 10.2 Å². The third-order valence-corrected chi connectivity index (χ3v) is 7.33. The first-order chi connectivity index (χ1) is 11.3. The van der Waals surface area contributed by atoms with Gasteiger partial charge in [0.2, 0.25) is 9.84 Å². The van der Waals surface area contributed by atoms with Crippen molar-refractivity contribution in [2.75, 3.05) is 0 Å². The van der Waals surface area contributed by atoms with E-state index in [1.165, 1.54) is 23.5 Å². The summed E-state index contributed by atoms with van der Waals surface area (Å²) >= 11 is 7.42. The van der Waals surface area contributed by atoms with Crippen LogP contribution in [0.4, 0.5) is 0 Å². The fraction of sp³-hybridized carbons (Fsp3) is 0.125. The van der Waals surface area contributed by atoms with Crippen molar-refractivity contribution in [3.63, 3.8) is 0 Å². The van der Waals surface area contributed by atoms with Crippen molar-refractivity contribution in [3.8, 4) is 0 Å². The second-order valence-electron chi connectivity index (χ2n) is 5.19. The van der Waals surface area contributed by atoms with Crippen LogP contribution in [0.25, 0.3) is 10.1 Å². The molecule has 8 heteroatoms. The second-order valence-corrected chi connectivity index (χ2v) is 8.73. The molecule has 1 atom stereocenters. The number of aryl methyl sites for hydroxylation is 1. The summed E-state index contributed by atoms with van der Waals surface area (Å²) in [6.07, 6.45) is 1.38. The molecular formula is C16H13ClN2O3S2. The van der Waals surface area contributed by atoms with Crippen molar-refractivity contribution < 1.29 is 8.42 Å². The van der Waals surface area contributed by atoms with E-state index in [2.05, 4.69) is 16.8 Å². The van der Waals surface area contributed by atoms with Gasteiger partial charge in [0.15, 0.2) is 5.03 Å². The summed E-state index contributed by atoms with van der Waals surface area (Å²) in [4.78, 5) is 11.8. The Morgan fingerprint density at radius 3 is 2.71 bits per heavy atom. The Hall–Kier alpha value is -1.96. The van der Waals surface area contributed by atoms with Crippen LogP contribution in [0, 0.1) is 6.92 Å². The van der Waals surface area contributed by atoms with Gasteiger partial charge < -0.3 is 0 Å². The average Bonchev–Trinajstić information content (AvgIpc) is 2.85.